The lowest BCUT2D eigenvalue weighted by atomic mass is 9.87. The van der Waals surface area contributed by atoms with E-state index in [-0.39, 0.29) is 11.5 Å². The van der Waals surface area contributed by atoms with Gasteiger partial charge in [-0.3, -0.25) is 0 Å². The van der Waals surface area contributed by atoms with Crippen LogP contribution in [-0.4, -0.2) is 9.97 Å². The molecule has 2 atom stereocenters. The summed E-state index contributed by atoms with van der Waals surface area (Å²) in [4.78, 5) is 8.03. The van der Waals surface area contributed by atoms with Crippen molar-refractivity contribution < 1.29 is 0 Å². The van der Waals surface area contributed by atoms with E-state index in [4.69, 9.17) is 5.73 Å². The van der Waals surface area contributed by atoms with E-state index in [0.29, 0.717) is 5.92 Å². The largest absolute Gasteiger partial charge is 0.341 e. The molecule has 2 rings (SSSR count). The fraction of sp³-hybridized carbons (Fsp3) is 0.562. The van der Waals surface area contributed by atoms with Crippen molar-refractivity contribution in [1.29, 1.82) is 0 Å². The molecule has 1 aromatic carbocycles. The topological polar surface area (TPSA) is 54.7 Å². The number of rotatable bonds is 3. The molecular weight excluding hydrogens is 234 g/mol. The number of imidazole rings is 1. The first-order valence-electron chi connectivity index (χ1n) is 7.08. The highest BCUT2D eigenvalue weighted by Crippen LogP contribution is 2.27. The van der Waals surface area contributed by atoms with Gasteiger partial charge in [-0.15, -0.1) is 0 Å². The van der Waals surface area contributed by atoms with Crippen LogP contribution < -0.4 is 5.73 Å². The summed E-state index contributed by atoms with van der Waals surface area (Å²) in [6.45, 7) is 11.0. The third-order valence-corrected chi connectivity index (χ3v) is 3.94. The first-order valence-corrected chi connectivity index (χ1v) is 7.08. The van der Waals surface area contributed by atoms with E-state index >= 15 is 0 Å². The monoisotopic (exact) mass is 259 g/mol. The van der Waals surface area contributed by atoms with E-state index < -0.39 is 0 Å². The molecule has 0 unspecified atom stereocenters. The molecule has 3 N–H and O–H groups in total. The van der Waals surface area contributed by atoms with Crippen LogP contribution in [0.25, 0.3) is 11.0 Å². The minimum absolute atomic E-state index is 0.0181. The first kappa shape index (κ1) is 14.1. The number of hydrogen-bond donors (Lipinski definition) is 2. The van der Waals surface area contributed by atoms with Crippen LogP contribution in [0.5, 0.6) is 0 Å². The number of H-pyrrole nitrogens is 1. The molecule has 0 saturated carbocycles. The van der Waals surface area contributed by atoms with Crippen LogP contribution in [0.1, 0.15) is 58.5 Å². The second-order valence-electron chi connectivity index (χ2n) is 6.52. The van der Waals surface area contributed by atoms with Gasteiger partial charge in [0.25, 0.3) is 0 Å². The fourth-order valence-electron chi connectivity index (χ4n) is 2.17. The van der Waals surface area contributed by atoms with Crippen LogP contribution in [0.15, 0.2) is 18.2 Å². The number of aromatic amines is 1. The summed E-state index contributed by atoms with van der Waals surface area (Å²) in [6, 6.07) is 6.42. The molecule has 1 aromatic heterocycles. The minimum Gasteiger partial charge on any atom is -0.341 e. The Morgan fingerprint density at radius 2 is 2.00 bits per heavy atom. The molecule has 2 aromatic rings. The maximum atomic E-state index is 6.24. The van der Waals surface area contributed by atoms with Crippen molar-refractivity contribution in [3.63, 3.8) is 0 Å². The third-order valence-electron chi connectivity index (χ3n) is 3.94. The molecule has 19 heavy (non-hydrogen) atoms. The predicted octanol–water partition coefficient (Wildman–Crippen LogP) is 3.91. The van der Waals surface area contributed by atoms with E-state index in [1.807, 2.05) is 0 Å². The van der Waals surface area contributed by atoms with Gasteiger partial charge in [0.1, 0.15) is 5.82 Å². The molecule has 0 aliphatic carbocycles. The van der Waals surface area contributed by atoms with E-state index in [0.717, 1.165) is 23.3 Å². The number of aromatic nitrogens is 2. The lowest BCUT2D eigenvalue weighted by Crippen LogP contribution is -2.19. The quantitative estimate of drug-likeness (QED) is 0.878. The van der Waals surface area contributed by atoms with Crippen molar-refractivity contribution in [2.45, 2.75) is 52.5 Å². The maximum absolute atomic E-state index is 6.24. The molecule has 0 aliphatic rings. The standard InChI is InChI=1S/C16H25N3/c1-6-10(2)14(17)15-18-12-8-7-11(16(3,4)5)9-13(12)19-15/h7-10,14H,6,17H2,1-5H3,(H,18,19)/t10-,14-/m1/s1. The molecule has 0 spiro atoms. The zero-order valence-electron chi connectivity index (χ0n) is 12.6. The second-order valence-corrected chi connectivity index (χ2v) is 6.52. The van der Waals surface area contributed by atoms with Gasteiger partial charge in [-0.1, -0.05) is 47.1 Å². The maximum Gasteiger partial charge on any atom is 0.124 e. The number of fused-ring (bicyclic) bond motifs is 1. The molecule has 0 saturated heterocycles. The molecule has 0 bridgehead atoms. The van der Waals surface area contributed by atoms with Crippen molar-refractivity contribution in [3.8, 4) is 0 Å². The number of hydrogen-bond acceptors (Lipinski definition) is 2. The Hall–Kier alpha value is -1.35. The van der Waals surface area contributed by atoms with Gasteiger partial charge in [0.2, 0.25) is 0 Å². The van der Waals surface area contributed by atoms with Crippen LogP contribution in [-0.2, 0) is 5.41 Å². The van der Waals surface area contributed by atoms with Crippen molar-refractivity contribution in [3.05, 3.63) is 29.6 Å². The molecule has 1 heterocycles. The van der Waals surface area contributed by atoms with E-state index in [1.54, 1.807) is 0 Å². The summed E-state index contributed by atoms with van der Waals surface area (Å²) in [5, 5.41) is 0. The highest BCUT2D eigenvalue weighted by molar-refractivity contribution is 5.76. The Morgan fingerprint density at radius 3 is 2.58 bits per heavy atom. The zero-order valence-corrected chi connectivity index (χ0v) is 12.6. The van der Waals surface area contributed by atoms with Crippen molar-refractivity contribution in [2.24, 2.45) is 11.7 Å². The first-order chi connectivity index (χ1) is 8.82. The Bertz CT molecular complexity index is 563. The summed E-state index contributed by atoms with van der Waals surface area (Å²) >= 11 is 0. The minimum atomic E-state index is -0.0181. The highest BCUT2D eigenvalue weighted by Gasteiger charge is 2.19. The normalized spacial score (nSPS) is 15.7. The Balaban J connectivity index is 2.41. The SMILES string of the molecule is CC[C@@H](C)[C@@H](N)c1nc2cc(C(C)(C)C)ccc2[nH]1. The molecule has 0 radical (unpaired) electrons. The van der Waals surface area contributed by atoms with Gasteiger partial charge >= 0.3 is 0 Å². The molecule has 104 valence electrons. The van der Waals surface area contributed by atoms with Gasteiger partial charge in [-0.05, 0) is 29.0 Å². The van der Waals surface area contributed by atoms with E-state index in [9.17, 15) is 0 Å². The van der Waals surface area contributed by atoms with Gasteiger partial charge in [-0.2, -0.15) is 0 Å². The van der Waals surface area contributed by atoms with Gasteiger partial charge in [0, 0.05) is 0 Å². The van der Waals surface area contributed by atoms with E-state index in [2.05, 4.69) is 62.8 Å². The number of nitrogens with two attached hydrogens (primary N) is 1. The average Bonchev–Trinajstić information content (AvgIpc) is 2.78. The summed E-state index contributed by atoms with van der Waals surface area (Å²) in [5.41, 5.74) is 9.78. The number of nitrogens with zero attached hydrogens (tertiary/aromatic N) is 1. The van der Waals surface area contributed by atoms with Gasteiger partial charge < -0.3 is 10.7 Å². The van der Waals surface area contributed by atoms with Crippen LogP contribution in [0.2, 0.25) is 0 Å². The second kappa shape index (κ2) is 4.97. The number of nitrogens with one attached hydrogen (secondary N) is 1. The lowest BCUT2D eigenvalue weighted by molar-refractivity contribution is 0.442. The summed E-state index contributed by atoms with van der Waals surface area (Å²) in [7, 11) is 0. The van der Waals surface area contributed by atoms with Crippen molar-refractivity contribution >= 4 is 11.0 Å². The van der Waals surface area contributed by atoms with Gasteiger partial charge in [0.15, 0.2) is 0 Å². The summed E-state index contributed by atoms with van der Waals surface area (Å²) in [5.74, 6) is 1.33. The molecule has 0 aliphatic heterocycles. The Morgan fingerprint density at radius 1 is 1.32 bits per heavy atom. The average molecular weight is 259 g/mol. The number of benzene rings is 1. The molecule has 3 heteroatoms. The van der Waals surface area contributed by atoms with Crippen molar-refractivity contribution in [2.75, 3.05) is 0 Å². The van der Waals surface area contributed by atoms with Crippen LogP contribution in [0.4, 0.5) is 0 Å². The fourth-order valence-corrected chi connectivity index (χ4v) is 2.17. The Kier molecular flexibility index (Phi) is 3.68. The predicted molar refractivity (Wildman–Crippen MR) is 81.2 cm³/mol. The van der Waals surface area contributed by atoms with Crippen LogP contribution in [0, 0.1) is 5.92 Å². The van der Waals surface area contributed by atoms with Crippen molar-refractivity contribution in [1.82, 2.24) is 9.97 Å². The van der Waals surface area contributed by atoms with Gasteiger partial charge in [-0.25, -0.2) is 4.98 Å². The Labute approximate surface area is 115 Å². The zero-order chi connectivity index (χ0) is 14.2. The third kappa shape index (κ3) is 2.81. The lowest BCUT2D eigenvalue weighted by Gasteiger charge is -2.18. The molecule has 0 fully saturated rings. The van der Waals surface area contributed by atoms with Crippen LogP contribution >= 0.6 is 0 Å². The molecule has 3 nitrogen and oxygen atoms in total. The smallest absolute Gasteiger partial charge is 0.124 e. The molecule has 0 amide bonds. The highest BCUT2D eigenvalue weighted by atomic mass is 15.0. The van der Waals surface area contributed by atoms with Gasteiger partial charge in [0.05, 0.1) is 17.1 Å². The summed E-state index contributed by atoms with van der Waals surface area (Å²) < 4.78 is 0. The summed E-state index contributed by atoms with van der Waals surface area (Å²) in [6.07, 6.45) is 1.06. The van der Waals surface area contributed by atoms with Crippen LogP contribution in [0.3, 0.4) is 0 Å². The molecular formula is C16H25N3. The van der Waals surface area contributed by atoms with E-state index in [1.165, 1.54) is 5.56 Å².